The predicted octanol–water partition coefficient (Wildman–Crippen LogP) is 4.80. The summed E-state index contributed by atoms with van der Waals surface area (Å²) in [4.78, 5) is 19.1. The molecule has 6 nitrogen and oxygen atoms in total. The number of thiazole rings is 1. The predicted molar refractivity (Wildman–Crippen MR) is 121 cm³/mol. The van der Waals surface area contributed by atoms with E-state index in [0.29, 0.717) is 29.3 Å². The van der Waals surface area contributed by atoms with Crippen LogP contribution in [0.25, 0.3) is 0 Å². The molecule has 0 fully saturated rings. The Bertz CT molecular complexity index is 1060. The maximum atomic E-state index is 13.7. The summed E-state index contributed by atoms with van der Waals surface area (Å²) < 4.78 is 25.0. The second-order valence-electron chi connectivity index (χ2n) is 7.37. The normalized spacial score (nSPS) is 11.8. The van der Waals surface area contributed by atoms with Crippen LogP contribution in [0.4, 0.5) is 4.39 Å². The van der Waals surface area contributed by atoms with Crippen LogP contribution in [-0.2, 0) is 19.8 Å². The number of carbonyl (C=O) groups is 1. The summed E-state index contributed by atoms with van der Waals surface area (Å²) in [5.74, 6) is 0.440. The molecule has 32 heavy (non-hydrogen) atoms. The molecule has 1 atom stereocenters. The van der Waals surface area contributed by atoms with Crippen LogP contribution in [-0.4, -0.2) is 34.0 Å². The van der Waals surface area contributed by atoms with Gasteiger partial charge in [-0.05, 0) is 49.2 Å². The van der Waals surface area contributed by atoms with Crippen LogP contribution in [0.15, 0.2) is 47.8 Å². The van der Waals surface area contributed by atoms with Crippen LogP contribution >= 0.6 is 11.3 Å². The molecule has 0 spiro atoms. The van der Waals surface area contributed by atoms with E-state index in [0.717, 1.165) is 17.0 Å². The number of ether oxygens (including phenoxy) is 2. The fraction of sp³-hybridized carbons (Fsp3) is 0.333. The molecule has 0 saturated heterocycles. The zero-order chi connectivity index (χ0) is 23.1. The maximum absolute atomic E-state index is 13.7. The number of amides is 1. The van der Waals surface area contributed by atoms with Crippen LogP contribution in [0.3, 0.4) is 0 Å². The van der Waals surface area contributed by atoms with E-state index in [9.17, 15) is 14.3 Å². The van der Waals surface area contributed by atoms with E-state index < -0.39 is 5.82 Å². The third-order valence-electron chi connectivity index (χ3n) is 5.15. The Balaban J connectivity index is 1.81. The molecule has 170 valence electrons. The minimum absolute atomic E-state index is 0.0375. The van der Waals surface area contributed by atoms with E-state index in [1.807, 2.05) is 26.0 Å². The number of rotatable bonds is 10. The van der Waals surface area contributed by atoms with Gasteiger partial charge in [0.25, 0.3) is 5.91 Å². The lowest BCUT2D eigenvalue weighted by molar-refractivity contribution is 0.0671. The van der Waals surface area contributed by atoms with Gasteiger partial charge in [-0.3, -0.25) is 4.79 Å². The topological polar surface area (TPSA) is 71.9 Å². The first kappa shape index (κ1) is 23.7. The molecule has 0 aliphatic heterocycles. The zero-order valence-electron chi connectivity index (χ0n) is 18.4. The van der Waals surface area contributed by atoms with Crippen molar-refractivity contribution in [1.82, 2.24) is 9.88 Å². The number of carbonyl (C=O) groups excluding carboxylic acids is 1. The fourth-order valence-corrected chi connectivity index (χ4v) is 3.89. The molecule has 3 rings (SSSR count). The van der Waals surface area contributed by atoms with Crippen molar-refractivity contribution in [2.75, 3.05) is 7.11 Å². The van der Waals surface area contributed by atoms with Gasteiger partial charge in [0, 0.05) is 23.5 Å². The number of aliphatic hydroxyl groups is 1. The van der Waals surface area contributed by atoms with E-state index in [1.165, 1.54) is 29.5 Å². The highest BCUT2D eigenvalue weighted by molar-refractivity contribution is 7.09. The van der Waals surface area contributed by atoms with Crippen molar-refractivity contribution in [2.45, 2.75) is 46.1 Å². The van der Waals surface area contributed by atoms with Gasteiger partial charge in [0.05, 0.1) is 19.4 Å². The standard InChI is InChI=1S/C24H27FN2O4S/c1-4-16(2)27(24(29)18-6-5-7-19(25)11-18)12-17-8-9-21(30-3)22(10-17)31-14-23-26-20(13-28)15-32-23/h5-11,15-16,28H,4,12-14H2,1-3H3/t16-/m1/s1. The first-order chi connectivity index (χ1) is 15.4. The molecule has 3 aromatic rings. The molecular formula is C24H27FN2O4S. The highest BCUT2D eigenvalue weighted by atomic mass is 32.1. The Morgan fingerprint density at radius 3 is 2.72 bits per heavy atom. The first-order valence-corrected chi connectivity index (χ1v) is 11.2. The van der Waals surface area contributed by atoms with Gasteiger partial charge in [-0.25, -0.2) is 9.37 Å². The Hall–Kier alpha value is -2.97. The smallest absolute Gasteiger partial charge is 0.254 e. The molecular weight excluding hydrogens is 431 g/mol. The number of aliphatic hydroxyl groups excluding tert-OH is 1. The first-order valence-electron chi connectivity index (χ1n) is 10.4. The minimum Gasteiger partial charge on any atom is -0.493 e. The molecule has 1 N–H and O–H groups in total. The van der Waals surface area contributed by atoms with E-state index in [4.69, 9.17) is 9.47 Å². The Morgan fingerprint density at radius 2 is 2.06 bits per heavy atom. The SMILES string of the molecule is CC[C@@H](C)N(Cc1ccc(OC)c(OCc2nc(CO)cs2)c1)C(=O)c1cccc(F)c1. The minimum atomic E-state index is -0.438. The summed E-state index contributed by atoms with van der Waals surface area (Å²) >= 11 is 1.41. The van der Waals surface area contributed by atoms with Crippen LogP contribution in [0.5, 0.6) is 11.5 Å². The van der Waals surface area contributed by atoms with Gasteiger partial charge in [0.2, 0.25) is 0 Å². The summed E-state index contributed by atoms with van der Waals surface area (Å²) in [7, 11) is 1.56. The molecule has 1 heterocycles. The van der Waals surface area contributed by atoms with Crippen LogP contribution < -0.4 is 9.47 Å². The van der Waals surface area contributed by atoms with E-state index in [2.05, 4.69) is 4.98 Å². The fourth-order valence-electron chi connectivity index (χ4n) is 3.19. The van der Waals surface area contributed by atoms with Crippen molar-refractivity contribution in [3.05, 3.63) is 75.5 Å². The lowest BCUT2D eigenvalue weighted by Gasteiger charge is -2.29. The average molecular weight is 459 g/mol. The van der Waals surface area contributed by atoms with Gasteiger partial charge < -0.3 is 19.5 Å². The number of hydrogen-bond acceptors (Lipinski definition) is 6. The van der Waals surface area contributed by atoms with Crippen molar-refractivity contribution >= 4 is 17.2 Å². The summed E-state index contributed by atoms with van der Waals surface area (Å²) in [6.07, 6.45) is 0.762. The summed E-state index contributed by atoms with van der Waals surface area (Å²) in [6, 6.07) is 11.2. The summed E-state index contributed by atoms with van der Waals surface area (Å²) in [6.45, 7) is 4.45. The number of benzene rings is 2. The largest absolute Gasteiger partial charge is 0.493 e. The molecule has 0 aliphatic carbocycles. The van der Waals surface area contributed by atoms with E-state index in [1.54, 1.807) is 29.5 Å². The molecule has 0 saturated carbocycles. The molecule has 0 bridgehead atoms. The quantitative estimate of drug-likeness (QED) is 0.472. The second kappa shape index (κ2) is 11.1. The number of halogens is 1. The third kappa shape index (κ3) is 5.83. The van der Waals surface area contributed by atoms with Crippen molar-refractivity contribution < 1.29 is 23.8 Å². The Morgan fingerprint density at radius 1 is 1.25 bits per heavy atom. The molecule has 0 radical (unpaired) electrons. The number of methoxy groups -OCH3 is 1. The zero-order valence-corrected chi connectivity index (χ0v) is 19.2. The second-order valence-corrected chi connectivity index (χ2v) is 8.31. The van der Waals surface area contributed by atoms with Crippen molar-refractivity contribution in [3.63, 3.8) is 0 Å². The van der Waals surface area contributed by atoms with Gasteiger partial charge >= 0.3 is 0 Å². The molecule has 0 unspecified atom stereocenters. The van der Waals surface area contributed by atoms with Gasteiger partial charge in [0.1, 0.15) is 17.4 Å². The lowest BCUT2D eigenvalue weighted by Crippen LogP contribution is -2.37. The van der Waals surface area contributed by atoms with Gasteiger partial charge in [-0.15, -0.1) is 11.3 Å². The monoisotopic (exact) mass is 458 g/mol. The summed E-state index contributed by atoms with van der Waals surface area (Å²) in [5.41, 5.74) is 1.79. The van der Waals surface area contributed by atoms with Crippen LogP contribution in [0.1, 0.15) is 46.9 Å². The molecule has 8 heteroatoms. The van der Waals surface area contributed by atoms with Crippen LogP contribution in [0, 0.1) is 5.82 Å². The maximum Gasteiger partial charge on any atom is 0.254 e. The molecule has 1 amide bonds. The summed E-state index contributed by atoms with van der Waals surface area (Å²) in [5, 5.41) is 11.7. The number of nitrogens with zero attached hydrogens (tertiary/aromatic N) is 2. The van der Waals surface area contributed by atoms with E-state index in [-0.39, 0.29) is 25.2 Å². The molecule has 0 aliphatic rings. The van der Waals surface area contributed by atoms with Crippen molar-refractivity contribution in [3.8, 4) is 11.5 Å². The molecule has 1 aromatic heterocycles. The Kier molecular flexibility index (Phi) is 8.19. The lowest BCUT2D eigenvalue weighted by atomic mass is 10.1. The number of hydrogen-bond donors (Lipinski definition) is 1. The average Bonchev–Trinajstić information content (AvgIpc) is 3.28. The van der Waals surface area contributed by atoms with E-state index >= 15 is 0 Å². The van der Waals surface area contributed by atoms with Crippen LogP contribution in [0.2, 0.25) is 0 Å². The third-order valence-corrected chi connectivity index (χ3v) is 6.02. The highest BCUT2D eigenvalue weighted by Gasteiger charge is 2.22. The van der Waals surface area contributed by atoms with Gasteiger partial charge in [-0.2, -0.15) is 0 Å². The number of aromatic nitrogens is 1. The Labute approximate surface area is 191 Å². The van der Waals surface area contributed by atoms with Crippen molar-refractivity contribution in [1.29, 1.82) is 0 Å². The molecule has 2 aromatic carbocycles. The van der Waals surface area contributed by atoms with Gasteiger partial charge in [-0.1, -0.05) is 19.1 Å². The van der Waals surface area contributed by atoms with Gasteiger partial charge in [0.15, 0.2) is 11.5 Å². The highest BCUT2D eigenvalue weighted by Crippen LogP contribution is 2.30. The van der Waals surface area contributed by atoms with Crippen molar-refractivity contribution in [2.24, 2.45) is 0 Å².